The average Bonchev–Trinajstić information content (AvgIpc) is 3.05. The summed E-state index contributed by atoms with van der Waals surface area (Å²) in [7, 11) is 0. The Kier molecular flexibility index (Phi) is 5.57. The summed E-state index contributed by atoms with van der Waals surface area (Å²) in [5.41, 5.74) is 0.500. The third kappa shape index (κ3) is 3.49. The Bertz CT molecular complexity index is 1410. The number of amides is 3. The van der Waals surface area contributed by atoms with Gasteiger partial charge in [-0.25, -0.2) is 14.1 Å². The molecule has 3 amide bonds. The summed E-state index contributed by atoms with van der Waals surface area (Å²) < 4.78 is 14.5. The number of imide groups is 1. The Labute approximate surface area is 210 Å². The highest BCUT2D eigenvalue weighted by Crippen LogP contribution is 2.59. The van der Waals surface area contributed by atoms with Gasteiger partial charge in [0, 0.05) is 22.4 Å². The smallest absolute Gasteiger partial charge is 0.418 e. The van der Waals surface area contributed by atoms with Gasteiger partial charge in [-0.3, -0.25) is 9.59 Å². The van der Waals surface area contributed by atoms with E-state index in [1.165, 1.54) is 18.2 Å². The summed E-state index contributed by atoms with van der Waals surface area (Å²) >= 11 is 12.5. The van der Waals surface area contributed by atoms with Crippen molar-refractivity contribution < 1.29 is 23.9 Å². The number of rotatable bonds is 2. The van der Waals surface area contributed by atoms with E-state index in [0.717, 1.165) is 0 Å². The van der Waals surface area contributed by atoms with Gasteiger partial charge in [-0.05, 0) is 65.6 Å². The van der Waals surface area contributed by atoms with Crippen LogP contribution in [0, 0.1) is 12.7 Å². The van der Waals surface area contributed by atoms with Crippen LogP contribution >= 0.6 is 23.2 Å². The van der Waals surface area contributed by atoms with Crippen LogP contribution in [0.3, 0.4) is 0 Å². The molecule has 1 saturated heterocycles. The van der Waals surface area contributed by atoms with Crippen molar-refractivity contribution in [2.24, 2.45) is 0 Å². The lowest BCUT2D eigenvalue weighted by Crippen LogP contribution is -2.58. The van der Waals surface area contributed by atoms with Crippen LogP contribution in [0.1, 0.15) is 40.6 Å². The number of piperidine rings is 1. The van der Waals surface area contributed by atoms with Crippen molar-refractivity contribution in [1.29, 1.82) is 0 Å². The zero-order valence-corrected chi connectivity index (χ0v) is 19.9. The molecule has 35 heavy (non-hydrogen) atoms. The highest BCUT2D eigenvalue weighted by molar-refractivity contribution is 6.32. The van der Waals surface area contributed by atoms with Gasteiger partial charge in [-0.1, -0.05) is 47.5 Å². The van der Waals surface area contributed by atoms with E-state index in [4.69, 9.17) is 23.2 Å². The van der Waals surface area contributed by atoms with Crippen molar-refractivity contribution in [2.45, 2.75) is 30.7 Å². The van der Waals surface area contributed by atoms with E-state index in [2.05, 4.69) is 5.32 Å². The van der Waals surface area contributed by atoms with Gasteiger partial charge in [0.2, 0.25) is 11.8 Å². The summed E-state index contributed by atoms with van der Waals surface area (Å²) in [4.78, 5) is 40.3. The topological polar surface area (TPSA) is 86.7 Å². The van der Waals surface area contributed by atoms with Gasteiger partial charge < -0.3 is 10.4 Å². The van der Waals surface area contributed by atoms with Crippen LogP contribution in [0.4, 0.5) is 14.9 Å². The minimum Gasteiger partial charge on any atom is -0.464 e. The van der Waals surface area contributed by atoms with E-state index >= 15 is 0 Å². The normalized spacial score (nSPS) is 23.4. The molecule has 9 heteroatoms. The van der Waals surface area contributed by atoms with Crippen LogP contribution in [0.25, 0.3) is 0 Å². The first-order chi connectivity index (χ1) is 16.6. The molecule has 0 aromatic heterocycles. The SMILES string of the molecule is Cc1ccc(F)cc1[C@H]1NC(=O)C[C@@H](c2cccc(Cl)c2)[C@]12C(=O)N(C(=O)O)c1cc(Cl)ccc12. The first kappa shape index (κ1) is 23.3. The molecule has 3 aromatic carbocycles. The van der Waals surface area contributed by atoms with Crippen LogP contribution < -0.4 is 10.2 Å². The van der Waals surface area contributed by atoms with Crippen LogP contribution in [0.2, 0.25) is 10.0 Å². The number of nitrogens with one attached hydrogen (secondary N) is 1. The molecule has 1 fully saturated rings. The van der Waals surface area contributed by atoms with Crippen LogP contribution in [-0.4, -0.2) is 23.0 Å². The van der Waals surface area contributed by atoms with Gasteiger partial charge in [0.1, 0.15) is 11.2 Å². The van der Waals surface area contributed by atoms with Gasteiger partial charge >= 0.3 is 6.09 Å². The lowest BCUT2D eigenvalue weighted by atomic mass is 9.59. The fourth-order valence-electron chi connectivity index (χ4n) is 5.49. The number of halogens is 3. The summed E-state index contributed by atoms with van der Waals surface area (Å²) in [6.45, 7) is 1.74. The molecule has 0 saturated carbocycles. The number of anilines is 1. The maximum Gasteiger partial charge on any atom is 0.418 e. The van der Waals surface area contributed by atoms with E-state index in [1.807, 2.05) is 0 Å². The minimum atomic E-state index is -1.60. The Morgan fingerprint density at radius 1 is 1.09 bits per heavy atom. The molecule has 2 aliphatic heterocycles. The fourth-order valence-corrected chi connectivity index (χ4v) is 5.85. The maximum atomic E-state index is 14.5. The Balaban J connectivity index is 1.89. The van der Waals surface area contributed by atoms with Crippen LogP contribution in [0.5, 0.6) is 0 Å². The van der Waals surface area contributed by atoms with Crippen molar-refractivity contribution in [2.75, 3.05) is 4.90 Å². The highest BCUT2D eigenvalue weighted by Gasteiger charge is 2.64. The van der Waals surface area contributed by atoms with Crippen LogP contribution in [-0.2, 0) is 15.0 Å². The quantitative estimate of drug-likeness (QED) is 0.457. The van der Waals surface area contributed by atoms with Crippen molar-refractivity contribution in [1.82, 2.24) is 5.32 Å². The predicted octanol–water partition coefficient (Wildman–Crippen LogP) is 5.75. The van der Waals surface area contributed by atoms with Gasteiger partial charge in [-0.15, -0.1) is 0 Å². The molecule has 5 rings (SSSR count). The first-order valence-corrected chi connectivity index (χ1v) is 11.6. The molecular weight excluding hydrogens is 494 g/mol. The molecule has 2 N–H and O–H groups in total. The molecule has 178 valence electrons. The number of fused-ring (bicyclic) bond motifs is 2. The van der Waals surface area contributed by atoms with Crippen molar-refractivity contribution in [3.63, 3.8) is 0 Å². The van der Waals surface area contributed by atoms with Gasteiger partial charge in [0.25, 0.3) is 0 Å². The lowest BCUT2D eigenvalue weighted by molar-refractivity contribution is -0.132. The summed E-state index contributed by atoms with van der Waals surface area (Å²) in [5.74, 6) is -2.44. The third-order valence-corrected chi connectivity index (χ3v) is 7.37. The van der Waals surface area contributed by atoms with Gasteiger partial charge in [0.15, 0.2) is 0 Å². The second kappa shape index (κ2) is 8.36. The molecule has 0 bridgehead atoms. The number of carbonyl (C=O) groups excluding carboxylic acids is 2. The second-order valence-electron chi connectivity index (χ2n) is 8.77. The number of nitrogens with zero attached hydrogens (tertiary/aromatic N) is 1. The molecule has 1 spiro atoms. The average molecular weight is 513 g/mol. The van der Waals surface area contributed by atoms with Crippen molar-refractivity contribution in [3.8, 4) is 0 Å². The summed E-state index contributed by atoms with van der Waals surface area (Å²) in [6, 6.07) is 14.4. The largest absolute Gasteiger partial charge is 0.464 e. The Morgan fingerprint density at radius 3 is 2.54 bits per heavy atom. The summed E-state index contributed by atoms with van der Waals surface area (Å²) in [5, 5.41) is 13.6. The molecule has 0 unspecified atom stereocenters. The number of hydrogen-bond donors (Lipinski definition) is 2. The lowest BCUT2D eigenvalue weighted by Gasteiger charge is -2.47. The number of aryl methyl sites for hydroxylation is 1. The third-order valence-electron chi connectivity index (χ3n) is 6.90. The molecular formula is C26H19Cl2FN2O4. The molecule has 3 aromatic rings. The molecule has 2 heterocycles. The van der Waals surface area contributed by atoms with Crippen LogP contribution in [0.15, 0.2) is 60.7 Å². The number of carbonyl (C=O) groups is 3. The number of carboxylic acid groups (broad SMARTS) is 1. The number of benzene rings is 3. The zero-order chi connectivity index (χ0) is 25.1. The van der Waals surface area contributed by atoms with Gasteiger partial charge in [-0.2, -0.15) is 0 Å². The molecule has 0 radical (unpaired) electrons. The van der Waals surface area contributed by atoms with E-state index in [9.17, 15) is 23.9 Å². The molecule has 3 atom stereocenters. The van der Waals surface area contributed by atoms with E-state index < -0.39 is 35.2 Å². The highest BCUT2D eigenvalue weighted by atomic mass is 35.5. The van der Waals surface area contributed by atoms with E-state index in [-0.39, 0.29) is 23.0 Å². The first-order valence-electron chi connectivity index (χ1n) is 10.8. The second-order valence-corrected chi connectivity index (χ2v) is 9.64. The minimum absolute atomic E-state index is 0.105. The van der Waals surface area contributed by atoms with Gasteiger partial charge in [0.05, 0.1) is 11.7 Å². The van der Waals surface area contributed by atoms with Crippen molar-refractivity contribution >= 4 is 46.8 Å². The fraction of sp³-hybridized carbons (Fsp3) is 0.192. The Hall–Kier alpha value is -3.42. The van der Waals surface area contributed by atoms with E-state index in [0.29, 0.717) is 32.2 Å². The monoisotopic (exact) mass is 512 g/mol. The molecule has 6 nitrogen and oxygen atoms in total. The predicted molar refractivity (Wildman–Crippen MR) is 129 cm³/mol. The number of hydrogen-bond acceptors (Lipinski definition) is 3. The molecule has 2 aliphatic rings. The van der Waals surface area contributed by atoms with E-state index in [1.54, 1.807) is 49.4 Å². The standard InChI is InChI=1S/C26H19Cl2FN2O4/c1-13-5-7-17(29)11-18(13)23-26(20(12-22(32)30-23)14-3-2-4-15(27)9-14)19-8-6-16(28)10-21(19)31(24(26)33)25(34)35/h2-11,20,23H,12H2,1H3,(H,30,32)(H,34,35)/t20-,23+,26-/m0/s1. The van der Waals surface area contributed by atoms with Crippen molar-refractivity contribution in [3.05, 3.63) is 98.8 Å². The Morgan fingerprint density at radius 2 is 1.83 bits per heavy atom. The summed E-state index contributed by atoms with van der Waals surface area (Å²) in [6.07, 6.45) is -1.58. The molecule has 0 aliphatic carbocycles. The maximum absolute atomic E-state index is 14.5. The zero-order valence-electron chi connectivity index (χ0n) is 18.4.